The van der Waals surface area contributed by atoms with Gasteiger partial charge < -0.3 is 15.2 Å². The SMILES string of the molecule is C.CC(C)(C)O.CNCCN(CC=O)C1c2ccc(Cl)cc2CCc2cc(Br)cnc21. The summed E-state index contributed by atoms with van der Waals surface area (Å²) < 4.78 is 0.978. The molecular formula is C24H35BrClN3O2. The first-order chi connectivity index (χ1) is 14.1. The quantitative estimate of drug-likeness (QED) is 0.543. The number of likely N-dealkylation sites (N-methyl/N-ethyl adjacent to an activating group) is 1. The number of aliphatic hydroxyl groups is 1. The summed E-state index contributed by atoms with van der Waals surface area (Å²) in [6, 6.07) is 8.14. The van der Waals surface area contributed by atoms with Gasteiger partial charge in [0.15, 0.2) is 0 Å². The fourth-order valence-corrected chi connectivity index (χ4v) is 4.03. The van der Waals surface area contributed by atoms with Crippen molar-refractivity contribution in [2.75, 3.05) is 26.7 Å². The molecule has 0 amide bonds. The summed E-state index contributed by atoms with van der Waals surface area (Å²) in [6.45, 7) is 7.16. The third-order valence-corrected chi connectivity index (χ3v) is 5.28. The number of hydrogen-bond acceptors (Lipinski definition) is 5. The summed E-state index contributed by atoms with van der Waals surface area (Å²) in [7, 11) is 1.92. The first-order valence-electron chi connectivity index (χ1n) is 10.1. The van der Waals surface area contributed by atoms with Crippen molar-refractivity contribution in [3.05, 3.63) is 62.3 Å². The third-order valence-electron chi connectivity index (χ3n) is 4.61. The largest absolute Gasteiger partial charge is 0.391 e. The molecule has 7 heteroatoms. The van der Waals surface area contributed by atoms with E-state index < -0.39 is 5.60 Å². The Kier molecular flexibility index (Phi) is 11.3. The maximum absolute atomic E-state index is 11.3. The van der Waals surface area contributed by atoms with Gasteiger partial charge in [-0.3, -0.25) is 9.88 Å². The van der Waals surface area contributed by atoms with Crippen LogP contribution in [0.3, 0.4) is 0 Å². The topological polar surface area (TPSA) is 65.5 Å². The van der Waals surface area contributed by atoms with Crippen molar-refractivity contribution in [2.24, 2.45) is 0 Å². The van der Waals surface area contributed by atoms with Crippen LogP contribution < -0.4 is 5.32 Å². The second kappa shape index (κ2) is 12.7. The van der Waals surface area contributed by atoms with Crippen molar-refractivity contribution in [2.45, 2.75) is 52.7 Å². The molecule has 0 radical (unpaired) electrons. The predicted molar refractivity (Wildman–Crippen MR) is 133 cm³/mol. The van der Waals surface area contributed by atoms with Crippen LogP contribution in [0, 0.1) is 0 Å². The summed E-state index contributed by atoms with van der Waals surface area (Å²) >= 11 is 9.76. The van der Waals surface area contributed by atoms with Crippen molar-refractivity contribution in [3.63, 3.8) is 0 Å². The van der Waals surface area contributed by atoms with Gasteiger partial charge in [-0.05, 0) is 91.5 Å². The molecule has 1 heterocycles. The highest BCUT2D eigenvalue weighted by atomic mass is 79.9. The first-order valence-corrected chi connectivity index (χ1v) is 11.3. The van der Waals surface area contributed by atoms with E-state index in [1.165, 1.54) is 16.7 Å². The standard InChI is InChI=1S/C19H21BrClN3O.C4H10O.CH4/c1-22-6-7-24(8-9-25)19-17-5-4-16(21)11-13(17)2-3-14-10-15(20)12-23-18(14)19;1-4(2,3)5;/h4-5,9-12,19,22H,2-3,6-8H2,1H3;5H,1-3H3;1H4. The number of aldehydes is 1. The summed E-state index contributed by atoms with van der Waals surface area (Å²) in [5.41, 5.74) is 4.16. The van der Waals surface area contributed by atoms with Crippen LogP contribution in [0.4, 0.5) is 0 Å². The number of nitrogens with zero attached hydrogens (tertiary/aromatic N) is 2. The van der Waals surface area contributed by atoms with Crippen LogP contribution in [-0.4, -0.2) is 53.6 Å². The fraction of sp³-hybridized carbons (Fsp3) is 0.500. The maximum Gasteiger partial charge on any atom is 0.134 e. The molecule has 1 aromatic heterocycles. The molecule has 1 aromatic carbocycles. The predicted octanol–water partition coefficient (Wildman–Crippen LogP) is 4.82. The van der Waals surface area contributed by atoms with Crippen LogP contribution in [-0.2, 0) is 17.6 Å². The molecule has 31 heavy (non-hydrogen) atoms. The van der Waals surface area contributed by atoms with E-state index in [1.54, 1.807) is 20.8 Å². The van der Waals surface area contributed by atoms with Crippen molar-refractivity contribution in [1.29, 1.82) is 0 Å². The van der Waals surface area contributed by atoms with E-state index in [0.29, 0.717) is 6.54 Å². The Bertz CT molecular complexity index is 796. The number of halogens is 2. The Hall–Kier alpha value is -1.31. The van der Waals surface area contributed by atoms with Gasteiger partial charge in [0.05, 0.1) is 23.9 Å². The Morgan fingerprint density at radius 1 is 1.29 bits per heavy atom. The third kappa shape index (κ3) is 8.62. The highest BCUT2D eigenvalue weighted by Gasteiger charge is 2.30. The van der Waals surface area contributed by atoms with E-state index in [4.69, 9.17) is 21.7 Å². The van der Waals surface area contributed by atoms with Crippen molar-refractivity contribution >= 4 is 33.8 Å². The molecule has 5 nitrogen and oxygen atoms in total. The van der Waals surface area contributed by atoms with Gasteiger partial charge in [-0.15, -0.1) is 0 Å². The Balaban J connectivity index is 0.000000721. The second-order valence-electron chi connectivity index (χ2n) is 8.38. The average Bonchev–Trinajstić information content (AvgIpc) is 2.80. The number of benzene rings is 1. The number of carbonyl (C=O) groups is 1. The van der Waals surface area contributed by atoms with Crippen molar-refractivity contribution < 1.29 is 9.90 Å². The molecule has 0 saturated heterocycles. The van der Waals surface area contributed by atoms with Gasteiger partial charge in [-0.25, -0.2) is 0 Å². The van der Waals surface area contributed by atoms with E-state index in [-0.39, 0.29) is 13.5 Å². The summed E-state index contributed by atoms with van der Waals surface area (Å²) in [5.74, 6) is 0. The summed E-state index contributed by atoms with van der Waals surface area (Å²) in [4.78, 5) is 18.2. The average molecular weight is 513 g/mol. The Morgan fingerprint density at radius 2 is 1.94 bits per heavy atom. The molecule has 3 rings (SSSR count). The molecule has 0 saturated carbocycles. The highest BCUT2D eigenvalue weighted by molar-refractivity contribution is 9.10. The van der Waals surface area contributed by atoms with E-state index in [0.717, 1.165) is 47.4 Å². The summed E-state index contributed by atoms with van der Waals surface area (Å²) in [5, 5.41) is 12.4. The van der Waals surface area contributed by atoms with E-state index in [2.05, 4.69) is 38.3 Å². The zero-order valence-corrected chi connectivity index (χ0v) is 20.4. The molecule has 0 bridgehead atoms. The number of rotatable bonds is 6. The first kappa shape index (κ1) is 27.7. The minimum atomic E-state index is -0.500. The lowest BCUT2D eigenvalue weighted by Crippen LogP contribution is -2.37. The maximum atomic E-state index is 11.3. The highest BCUT2D eigenvalue weighted by Crippen LogP contribution is 2.37. The lowest BCUT2D eigenvalue weighted by Gasteiger charge is -2.31. The van der Waals surface area contributed by atoms with E-state index in [1.807, 2.05) is 25.4 Å². The van der Waals surface area contributed by atoms with Crippen molar-refractivity contribution in [1.82, 2.24) is 15.2 Å². The minimum Gasteiger partial charge on any atom is -0.391 e. The monoisotopic (exact) mass is 511 g/mol. The molecule has 0 spiro atoms. The van der Waals surface area contributed by atoms with Crippen molar-refractivity contribution in [3.8, 4) is 0 Å². The minimum absolute atomic E-state index is 0. The van der Waals surface area contributed by atoms with E-state index >= 15 is 0 Å². The normalized spacial score (nSPS) is 15.0. The van der Waals surface area contributed by atoms with Gasteiger partial charge in [0, 0.05) is 28.8 Å². The van der Waals surface area contributed by atoms with Crippen LogP contribution in [0.5, 0.6) is 0 Å². The molecule has 1 atom stereocenters. The molecule has 172 valence electrons. The number of fused-ring (bicyclic) bond motifs is 2. The van der Waals surface area contributed by atoms with Gasteiger partial charge in [0.2, 0.25) is 0 Å². The molecule has 2 N–H and O–H groups in total. The van der Waals surface area contributed by atoms with Gasteiger partial charge in [0.25, 0.3) is 0 Å². The number of pyridine rings is 1. The van der Waals surface area contributed by atoms with Gasteiger partial charge in [-0.2, -0.15) is 0 Å². The fourth-order valence-electron chi connectivity index (χ4n) is 3.46. The number of nitrogens with one attached hydrogen (secondary N) is 1. The lowest BCUT2D eigenvalue weighted by atomic mass is 9.96. The lowest BCUT2D eigenvalue weighted by molar-refractivity contribution is -0.109. The number of aromatic nitrogens is 1. The zero-order valence-electron chi connectivity index (χ0n) is 18.1. The smallest absolute Gasteiger partial charge is 0.134 e. The molecule has 0 fully saturated rings. The summed E-state index contributed by atoms with van der Waals surface area (Å²) in [6.07, 6.45) is 4.63. The van der Waals surface area contributed by atoms with Gasteiger partial charge in [0.1, 0.15) is 6.29 Å². The Morgan fingerprint density at radius 3 is 2.55 bits per heavy atom. The van der Waals surface area contributed by atoms with Crippen LogP contribution >= 0.6 is 27.5 Å². The van der Waals surface area contributed by atoms with Gasteiger partial charge in [-0.1, -0.05) is 25.1 Å². The molecule has 0 aliphatic heterocycles. The molecule has 1 aliphatic carbocycles. The zero-order chi connectivity index (χ0) is 22.3. The molecular weight excluding hydrogens is 478 g/mol. The van der Waals surface area contributed by atoms with Crippen LogP contribution in [0.15, 0.2) is 34.9 Å². The van der Waals surface area contributed by atoms with E-state index in [9.17, 15) is 4.79 Å². The molecule has 1 unspecified atom stereocenters. The van der Waals surface area contributed by atoms with Crippen LogP contribution in [0.1, 0.15) is 56.6 Å². The number of aryl methyl sites for hydroxylation is 2. The number of hydrogen-bond donors (Lipinski definition) is 2. The Labute approximate surface area is 200 Å². The van der Waals surface area contributed by atoms with Crippen LogP contribution in [0.25, 0.3) is 0 Å². The second-order valence-corrected chi connectivity index (χ2v) is 9.73. The molecule has 2 aromatic rings. The molecule has 1 aliphatic rings. The van der Waals surface area contributed by atoms with Crippen LogP contribution in [0.2, 0.25) is 5.02 Å². The number of carbonyl (C=O) groups excluding carboxylic acids is 1. The van der Waals surface area contributed by atoms with Gasteiger partial charge >= 0.3 is 0 Å².